The summed E-state index contributed by atoms with van der Waals surface area (Å²) in [5.74, 6) is -0.931. The second-order valence-corrected chi connectivity index (χ2v) is 10.9. The molecule has 6 rings (SSSR count). The average Bonchev–Trinajstić information content (AvgIpc) is 2.95. The predicted molar refractivity (Wildman–Crippen MR) is 149 cm³/mol. The number of nitrogens with zero attached hydrogens (tertiary/aromatic N) is 6. The maximum absolute atomic E-state index is 14.0. The van der Waals surface area contributed by atoms with E-state index < -0.39 is 17.2 Å². The van der Waals surface area contributed by atoms with Crippen LogP contribution in [0.3, 0.4) is 0 Å². The summed E-state index contributed by atoms with van der Waals surface area (Å²) in [5, 5.41) is -0.181. The van der Waals surface area contributed by atoms with E-state index in [-0.39, 0.29) is 23.1 Å². The molecule has 0 aliphatic carbocycles. The molecule has 2 saturated heterocycles. The van der Waals surface area contributed by atoms with E-state index in [1.165, 1.54) is 4.57 Å². The lowest BCUT2D eigenvalue weighted by Crippen LogP contribution is -2.51. The van der Waals surface area contributed by atoms with Crippen molar-refractivity contribution in [3.8, 4) is 22.8 Å². The van der Waals surface area contributed by atoms with Crippen molar-refractivity contribution in [1.82, 2.24) is 24.5 Å². The molecule has 0 bridgehead atoms. The highest BCUT2D eigenvalue weighted by Crippen LogP contribution is 2.39. The van der Waals surface area contributed by atoms with E-state index in [1.54, 1.807) is 37.5 Å². The second kappa shape index (κ2) is 10.8. The highest BCUT2D eigenvalue weighted by Gasteiger charge is 2.41. The van der Waals surface area contributed by atoms with Crippen LogP contribution in [0.2, 0.25) is 5.02 Å². The second-order valence-electron chi connectivity index (χ2n) is 10.6. The quantitative estimate of drug-likeness (QED) is 0.320. The molecule has 41 heavy (non-hydrogen) atoms. The summed E-state index contributed by atoms with van der Waals surface area (Å²) in [6, 6.07) is 5.89. The van der Waals surface area contributed by atoms with Crippen LogP contribution in [0, 0.1) is 30.9 Å². The molecular formula is C29H27ClF2N6O3. The monoisotopic (exact) mass is 580 g/mol. The fraction of sp³-hybridized carbons (Fsp3) is 0.345. The van der Waals surface area contributed by atoms with Gasteiger partial charge in [0.15, 0.2) is 5.82 Å². The van der Waals surface area contributed by atoms with E-state index in [0.717, 1.165) is 50.9 Å². The molecule has 6 heterocycles. The van der Waals surface area contributed by atoms with E-state index in [0.29, 0.717) is 40.2 Å². The number of hydrogen-bond acceptors (Lipinski definition) is 8. The van der Waals surface area contributed by atoms with Gasteiger partial charge in [0.1, 0.15) is 28.9 Å². The Balaban J connectivity index is 1.27. The SMILES string of the molecule is Cc1cnc(-c2ccnc(N3CCC4(CC3)COC4)n2)cc1-n1c(C)cc(OCc2ncc(F)cc2F)c(Cl)c1=O. The van der Waals surface area contributed by atoms with Gasteiger partial charge in [0.05, 0.1) is 36.5 Å². The smallest absolute Gasteiger partial charge is 0.277 e. The molecule has 2 aliphatic rings. The molecule has 4 aromatic rings. The minimum Gasteiger partial charge on any atom is -0.485 e. The van der Waals surface area contributed by atoms with Crippen LogP contribution in [0.25, 0.3) is 17.1 Å². The molecule has 212 valence electrons. The van der Waals surface area contributed by atoms with Crippen molar-refractivity contribution >= 4 is 17.5 Å². The van der Waals surface area contributed by atoms with Crippen molar-refractivity contribution in [2.24, 2.45) is 5.41 Å². The van der Waals surface area contributed by atoms with Crippen molar-refractivity contribution in [1.29, 1.82) is 0 Å². The number of pyridine rings is 3. The highest BCUT2D eigenvalue weighted by atomic mass is 35.5. The summed E-state index contributed by atoms with van der Waals surface area (Å²) in [6.07, 6.45) is 6.39. The number of rotatable bonds is 6. The van der Waals surface area contributed by atoms with Crippen molar-refractivity contribution in [3.63, 3.8) is 0 Å². The van der Waals surface area contributed by atoms with Gasteiger partial charge < -0.3 is 14.4 Å². The Hall–Kier alpha value is -3.96. The number of aromatic nitrogens is 5. The summed E-state index contributed by atoms with van der Waals surface area (Å²) < 4.78 is 39.7. The lowest BCUT2D eigenvalue weighted by molar-refractivity contribution is -0.124. The van der Waals surface area contributed by atoms with Crippen LogP contribution in [0.4, 0.5) is 14.7 Å². The molecule has 9 nitrogen and oxygen atoms in total. The first-order valence-electron chi connectivity index (χ1n) is 13.2. The lowest BCUT2D eigenvalue weighted by atomic mass is 9.77. The van der Waals surface area contributed by atoms with E-state index in [1.807, 2.05) is 6.92 Å². The number of aryl methyl sites for hydroxylation is 2. The number of hydrogen-bond donors (Lipinski definition) is 0. The molecule has 0 aromatic carbocycles. The molecule has 2 fully saturated rings. The van der Waals surface area contributed by atoms with Gasteiger partial charge in [-0.05, 0) is 44.4 Å². The third-order valence-electron chi connectivity index (χ3n) is 7.69. The molecular weight excluding hydrogens is 554 g/mol. The molecule has 1 spiro atoms. The Morgan fingerprint density at radius 1 is 1.05 bits per heavy atom. The topological polar surface area (TPSA) is 95.3 Å². The number of halogens is 3. The van der Waals surface area contributed by atoms with Gasteiger partial charge >= 0.3 is 0 Å². The Morgan fingerprint density at radius 2 is 1.83 bits per heavy atom. The molecule has 0 atom stereocenters. The molecule has 0 unspecified atom stereocenters. The molecule has 4 aromatic heterocycles. The Bertz CT molecular complexity index is 1680. The summed E-state index contributed by atoms with van der Waals surface area (Å²) in [7, 11) is 0. The Labute approximate surface area is 239 Å². The number of anilines is 1. The first kappa shape index (κ1) is 27.2. The van der Waals surface area contributed by atoms with Gasteiger partial charge in [-0.3, -0.25) is 19.3 Å². The number of piperidine rings is 1. The van der Waals surface area contributed by atoms with Crippen molar-refractivity contribution in [3.05, 3.63) is 86.8 Å². The highest BCUT2D eigenvalue weighted by molar-refractivity contribution is 6.31. The maximum Gasteiger partial charge on any atom is 0.277 e. The van der Waals surface area contributed by atoms with Gasteiger partial charge in [0, 0.05) is 48.7 Å². The minimum atomic E-state index is -0.851. The first-order valence-corrected chi connectivity index (χ1v) is 13.6. The van der Waals surface area contributed by atoms with Gasteiger partial charge in [0.2, 0.25) is 5.95 Å². The Kier molecular flexibility index (Phi) is 7.16. The molecule has 12 heteroatoms. The summed E-state index contributed by atoms with van der Waals surface area (Å²) in [6.45, 7) is 6.65. The zero-order valence-corrected chi connectivity index (χ0v) is 23.3. The van der Waals surface area contributed by atoms with Crippen LogP contribution in [-0.2, 0) is 11.3 Å². The lowest BCUT2D eigenvalue weighted by Gasteiger charge is -2.47. The van der Waals surface area contributed by atoms with Crippen molar-refractivity contribution < 1.29 is 18.3 Å². The van der Waals surface area contributed by atoms with Gasteiger partial charge in [-0.25, -0.2) is 18.7 Å². The van der Waals surface area contributed by atoms with Crippen molar-refractivity contribution in [2.45, 2.75) is 33.3 Å². The van der Waals surface area contributed by atoms with E-state index in [4.69, 9.17) is 26.1 Å². The molecule has 0 radical (unpaired) electrons. The third kappa shape index (κ3) is 5.27. The van der Waals surface area contributed by atoms with E-state index in [2.05, 4.69) is 19.9 Å². The minimum absolute atomic E-state index is 0.0695. The summed E-state index contributed by atoms with van der Waals surface area (Å²) >= 11 is 6.42. The molecule has 2 aliphatic heterocycles. The van der Waals surface area contributed by atoms with Crippen LogP contribution >= 0.6 is 11.6 Å². The van der Waals surface area contributed by atoms with E-state index in [9.17, 15) is 13.6 Å². The van der Waals surface area contributed by atoms with Gasteiger partial charge in [-0.15, -0.1) is 0 Å². The van der Waals surface area contributed by atoms with Crippen LogP contribution in [0.1, 0.15) is 29.8 Å². The van der Waals surface area contributed by atoms with E-state index >= 15 is 0 Å². The zero-order valence-electron chi connectivity index (χ0n) is 22.5. The summed E-state index contributed by atoms with van der Waals surface area (Å²) in [5.41, 5.74) is 2.77. The fourth-order valence-electron chi connectivity index (χ4n) is 5.18. The van der Waals surface area contributed by atoms with Crippen LogP contribution < -0.4 is 15.2 Å². The summed E-state index contributed by atoms with van der Waals surface area (Å²) in [4.78, 5) is 33.2. The normalized spacial score (nSPS) is 16.1. The maximum atomic E-state index is 14.0. The zero-order chi connectivity index (χ0) is 28.7. The fourth-order valence-corrected chi connectivity index (χ4v) is 5.37. The Morgan fingerprint density at radius 3 is 2.54 bits per heavy atom. The van der Waals surface area contributed by atoms with Crippen LogP contribution in [0.5, 0.6) is 5.75 Å². The molecule has 0 amide bonds. The molecule has 0 N–H and O–H groups in total. The standard InChI is InChI=1S/C29H27ClF2N6O3/c1-17-12-34-22(21-3-6-33-28(36-21)37-7-4-29(5-8-37)15-40-16-29)11-24(17)38-18(2)9-25(26(30)27(38)39)41-14-23-20(32)10-19(31)13-35-23/h3,6,9-13H,4-5,7-8,14-16H2,1-2H3. The third-order valence-corrected chi connectivity index (χ3v) is 8.04. The van der Waals surface area contributed by atoms with Gasteiger partial charge in [-0.1, -0.05) is 11.6 Å². The van der Waals surface area contributed by atoms with Crippen molar-refractivity contribution in [2.75, 3.05) is 31.2 Å². The first-order chi connectivity index (χ1) is 19.7. The predicted octanol–water partition coefficient (Wildman–Crippen LogP) is 4.83. The largest absolute Gasteiger partial charge is 0.485 e. The van der Waals surface area contributed by atoms with Crippen LogP contribution in [0.15, 0.2) is 47.7 Å². The van der Waals surface area contributed by atoms with Gasteiger partial charge in [0.25, 0.3) is 5.56 Å². The average molecular weight is 581 g/mol. The van der Waals surface area contributed by atoms with Gasteiger partial charge in [-0.2, -0.15) is 0 Å². The van der Waals surface area contributed by atoms with Crippen LogP contribution in [-0.4, -0.2) is 50.8 Å². The molecule has 0 saturated carbocycles. The number of ether oxygens (including phenoxy) is 2.